The molecule has 1 saturated carbocycles. The quantitative estimate of drug-likeness (QED) is 0.220. The van der Waals surface area contributed by atoms with Crippen molar-refractivity contribution >= 4 is 41.5 Å². The Morgan fingerprint density at radius 1 is 1.08 bits per heavy atom. The van der Waals surface area contributed by atoms with E-state index < -0.39 is 74.8 Å². The van der Waals surface area contributed by atoms with Crippen LogP contribution >= 0.6 is 12.6 Å². The van der Waals surface area contributed by atoms with Crippen molar-refractivity contribution in [2.45, 2.75) is 35.7 Å². The molecule has 3 aliphatic carbocycles. The lowest BCUT2D eigenvalue weighted by Gasteiger charge is -2.55. The Kier molecular flexibility index (Phi) is 5.91. The lowest BCUT2D eigenvalue weighted by Crippen LogP contribution is -2.69. The summed E-state index contributed by atoms with van der Waals surface area (Å²) in [6, 6.07) is 10.5. The Hall–Kier alpha value is -3.80. The Morgan fingerprint density at radius 2 is 1.69 bits per heavy atom. The molecule has 1 amide bonds. The van der Waals surface area contributed by atoms with Gasteiger partial charge in [0.2, 0.25) is 5.78 Å². The van der Waals surface area contributed by atoms with E-state index in [1.54, 1.807) is 13.0 Å². The van der Waals surface area contributed by atoms with E-state index in [0.29, 0.717) is 11.1 Å². The maximum atomic E-state index is 13.9. The SMILES string of the molecule is C[C@H]1c2c(-c3ccc(N(C)C)cc3)ccc(O)c2C(O)=C2C(=O)[C@]3(O)C(O)=C(C(N)=O)C(=O)C[C@@H]3[C@@H](O)[C@@]21S. The van der Waals surface area contributed by atoms with Gasteiger partial charge in [-0.3, -0.25) is 14.4 Å². The number of fused-ring (bicyclic) bond motifs is 3. The second-order valence-corrected chi connectivity index (χ2v) is 11.2. The number of amides is 1. The van der Waals surface area contributed by atoms with Crippen molar-refractivity contribution in [2.75, 3.05) is 19.0 Å². The number of rotatable bonds is 3. The maximum absolute atomic E-state index is 13.9. The highest BCUT2D eigenvalue weighted by Gasteiger charge is 2.69. The molecule has 1 fully saturated rings. The first-order chi connectivity index (χ1) is 18.2. The van der Waals surface area contributed by atoms with Crippen molar-refractivity contribution in [3.05, 3.63) is 64.4 Å². The molecule has 10 nitrogen and oxygen atoms in total. The Morgan fingerprint density at radius 3 is 2.26 bits per heavy atom. The van der Waals surface area contributed by atoms with E-state index in [-0.39, 0.29) is 11.3 Å². The minimum atomic E-state index is -2.93. The summed E-state index contributed by atoms with van der Waals surface area (Å²) in [5.41, 5.74) is 3.34. The zero-order valence-corrected chi connectivity index (χ0v) is 22.2. The third-order valence-electron chi connectivity index (χ3n) is 8.36. The molecule has 7 N–H and O–H groups in total. The number of nitrogens with two attached hydrogens (primary N) is 1. The average Bonchev–Trinajstić information content (AvgIpc) is 2.88. The van der Waals surface area contributed by atoms with Gasteiger partial charge in [0.1, 0.15) is 22.8 Å². The lowest BCUT2D eigenvalue weighted by atomic mass is 9.54. The van der Waals surface area contributed by atoms with E-state index in [2.05, 4.69) is 0 Å². The van der Waals surface area contributed by atoms with Crippen molar-refractivity contribution in [2.24, 2.45) is 11.7 Å². The minimum Gasteiger partial charge on any atom is -0.508 e. The van der Waals surface area contributed by atoms with Crippen LogP contribution in [-0.2, 0) is 14.4 Å². The number of hydrogen-bond donors (Lipinski definition) is 7. The maximum Gasteiger partial charge on any atom is 0.255 e. The highest BCUT2D eigenvalue weighted by molar-refractivity contribution is 7.82. The van der Waals surface area contributed by atoms with Gasteiger partial charge in [-0.25, -0.2) is 0 Å². The van der Waals surface area contributed by atoms with Gasteiger partial charge in [-0.05, 0) is 34.9 Å². The molecular weight excluding hydrogens is 524 g/mol. The topological polar surface area (TPSA) is 182 Å². The second-order valence-electron chi connectivity index (χ2n) is 10.5. The van der Waals surface area contributed by atoms with Crippen LogP contribution in [0, 0.1) is 5.92 Å². The van der Waals surface area contributed by atoms with E-state index in [9.17, 15) is 39.9 Å². The van der Waals surface area contributed by atoms with Gasteiger partial charge in [-0.1, -0.05) is 25.1 Å². The van der Waals surface area contributed by atoms with Crippen LogP contribution < -0.4 is 10.6 Å². The lowest BCUT2D eigenvalue weighted by molar-refractivity contribution is -0.158. The third-order valence-corrected chi connectivity index (χ3v) is 9.23. The summed E-state index contributed by atoms with van der Waals surface area (Å²) in [5, 5.41) is 56.2. The fraction of sp³-hybridized carbons (Fsp3) is 0.321. The number of carbonyl (C=O) groups is 3. The van der Waals surface area contributed by atoms with Gasteiger partial charge in [0.25, 0.3) is 5.91 Å². The number of phenols is 1. The van der Waals surface area contributed by atoms with E-state index >= 15 is 0 Å². The molecule has 2 aromatic carbocycles. The highest BCUT2D eigenvalue weighted by Crippen LogP contribution is 2.61. The molecule has 2 aromatic rings. The largest absolute Gasteiger partial charge is 0.508 e. The molecule has 5 rings (SSSR count). The van der Waals surface area contributed by atoms with Gasteiger partial charge in [-0.2, -0.15) is 12.6 Å². The van der Waals surface area contributed by atoms with Crippen molar-refractivity contribution in [1.82, 2.24) is 0 Å². The van der Waals surface area contributed by atoms with Crippen LogP contribution in [0.15, 0.2) is 53.3 Å². The summed E-state index contributed by atoms with van der Waals surface area (Å²) in [4.78, 5) is 40.4. The smallest absolute Gasteiger partial charge is 0.255 e. The first kappa shape index (κ1) is 26.8. The van der Waals surface area contributed by atoms with Crippen molar-refractivity contribution in [3.8, 4) is 16.9 Å². The summed E-state index contributed by atoms with van der Waals surface area (Å²) in [6.45, 7) is 1.64. The number of benzene rings is 2. The van der Waals surface area contributed by atoms with Crippen LogP contribution in [0.4, 0.5) is 5.69 Å². The summed E-state index contributed by atoms with van der Waals surface area (Å²) < 4.78 is -1.86. The van der Waals surface area contributed by atoms with Crippen LogP contribution in [-0.4, -0.2) is 73.6 Å². The number of hydrogen-bond acceptors (Lipinski definition) is 10. The molecular formula is C28H28N2O8S. The predicted molar refractivity (Wildman–Crippen MR) is 145 cm³/mol. The summed E-state index contributed by atoms with van der Waals surface area (Å²) in [5.74, 6) is -8.41. The van der Waals surface area contributed by atoms with Crippen LogP contribution in [0.3, 0.4) is 0 Å². The van der Waals surface area contributed by atoms with Crippen LogP contribution in [0.5, 0.6) is 5.75 Å². The molecule has 0 bridgehead atoms. The molecule has 0 spiro atoms. The first-order valence-corrected chi connectivity index (χ1v) is 12.7. The van der Waals surface area contributed by atoms with Crippen molar-refractivity contribution in [3.63, 3.8) is 0 Å². The number of aliphatic hydroxyl groups is 4. The van der Waals surface area contributed by atoms with Crippen LogP contribution in [0.25, 0.3) is 16.9 Å². The zero-order valence-electron chi connectivity index (χ0n) is 21.3. The van der Waals surface area contributed by atoms with Gasteiger partial charge >= 0.3 is 0 Å². The van der Waals surface area contributed by atoms with Crippen molar-refractivity contribution in [1.29, 1.82) is 0 Å². The number of Topliss-reactive ketones (excluding diaryl/α,β-unsaturated/α-hetero) is 2. The van der Waals surface area contributed by atoms with E-state index in [0.717, 1.165) is 11.3 Å². The highest BCUT2D eigenvalue weighted by atomic mass is 32.1. The number of phenolic OH excluding ortho intramolecular Hbond substituents is 1. The Balaban J connectivity index is 1.80. The van der Waals surface area contributed by atoms with E-state index in [4.69, 9.17) is 18.4 Å². The number of ketones is 2. The minimum absolute atomic E-state index is 0.0931. The molecule has 11 heteroatoms. The number of aromatic hydroxyl groups is 1. The second kappa shape index (κ2) is 8.60. The van der Waals surface area contributed by atoms with Gasteiger partial charge in [-0.15, -0.1) is 0 Å². The van der Waals surface area contributed by atoms with Crippen molar-refractivity contribution < 1.29 is 39.9 Å². The van der Waals surface area contributed by atoms with Gasteiger partial charge < -0.3 is 36.2 Å². The van der Waals surface area contributed by atoms with E-state index in [1.165, 1.54) is 6.07 Å². The molecule has 0 unspecified atom stereocenters. The molecule has 3 aliphatic rings. The molecule has 0 radical (unpaired) electrons. The number of anilines is 1. The number of aliphatic hydroxyl groups excluding tert-OH is 3. The van der Waals surface area contributed by atoms with Gasteiger partial charge in [0.15, 0.2) is 11.4 Å². The summed E-state index contributed by atoms with van der Waals surface area (Å²) in [7, 11) is 3.79. The van der Waals surface area contributed by atoms with E-state index in [1.807, 2.05) is 43.3 Å². The monoisotopic (exact) mass is 552 g/mol. The fourth-order valence-corrected chi connectivity index (χ4v) is 6.77. The van der Waals surface area contributed by atoms with Crippen LogP contribution in [0.1, 0.15) is 30.4 Å². The third kappa shape index (κ3) is 3.33. The summed E-state index contributed by atoms with van der Waals surface area (Å²) in [6.07, 6.45) is -2.45. The fourth-order valence-electron chi connectivity index (χ4n) is 6.26. The molecule has 0 saturated heterocycles. The molecule has 0 aromatic heterocycles. The number of nitrogens with zero attached hydrogens (tertiary/aromatic N) is 1. The molecule has 39 heavy (non-hydrogen) atoms. The number of thiol groups is 1. The normalized spacial score (nSPS) is 30.1. The zero-order chi connectivity index (χ0) is 28.8. The molecule has 5 atom stereocenters. The average molecular weight is 553 g/mol. The molecule has 0 heterocycles. The molecule has 204 valence electrons. The molecule has 0 aliphatic heterocycles. The number of primary amides is 1. The van der Waals surface area contributed by atoms with Crippen LogP contribution in [0.2, 0.25) is 0 Å². The first-order valence-electron chi connectivity index (χ1n) is 12.2. The van der Waals surface area contributed by atoms with Gasteiger partial charge in [0, 0.05) is 38.0 Å². The predicted octanol–water partition coefficient (Wildman–Crippen LogP) is 1.74. The van der Waals surface area contributed by atoms with Gasteiger partial charge in [0.05, 0.1) is 22.0 Å². The standard InChI is InChI=1S/C28H28N2O8S/c1-11-18-14(12-4-6-13(7-5-12)30(2)3)8-9-16(31)19(18)22(33)21-25(36)27(38)15(23(34)28(11,21)39)10-17(32)20(24(27)35)26(29)37/h4-9,11,15,23,31,33-35,38-39H,10H2,1-3H3,(H2,29,37)/t11-,15+,23+,27+,28-/m0/s1. The Bertz CT molecular complexity index is 1530. The summed E-state index contributed by atoms with van der Waals surface area (Å²) >= 11 is 4.73. The number of carbonyl (C=O) groups excluding carboxylic acids is 3. The Labute approximate surface area is 229 Å².